The van der Waals surface area contributed by atoms with Crippen molar-refractivity contribution in [3.63, 3.8) is 0 Å². The molecule has 0 unspecified atom stereocenters. The van der Waals surface area contributed by atoms with Crippen molar-refractivity contribution in [3.8, 4) is 11.5 Å². The number of benzene rings is 2. The Morgan fingerprint density at radius 2 is 1.09 bits per heavy atom. The number of nitrogens with two attached hydrogens (primary N) is 1. The highest BCUT2D eigenvalue weighted by molar-refractivity contribution is 5.21. The summed E-state index contributed by atoms with van der Waals surface area (Å²) in [5, 5.41) is 21.6. The van der Waals surface area contributed by atoms with Gasteiger partial charge in [0.1, 0.15) is 50.0 Å². The lowest BCUT2D eigenvalue weighted by molar-refractivity contribution is -0.667. The van der Waals surface area contributed by atoms with Crippen molar-refractivity contribution >= 4 is 0 Å². The zero-order valence-corrected chi connectivity index (χ0v) is 13.0. The highest BCUT2D eigenvalue weighted by atomic mass is 16.5. The average molecular weight is 318 g/mol. The van der Waals surface area contributed by atoms with Crippen LogP contribution in [-0.2, 0) is 0 Å². The van der Waals surface area contributed by atoms with Crippen LogP contribution in [0.25, 0.3) is 0 Å². The monoisotopic (exact) mass is 318 g/mol. The standard InChI is InChI=1S/C18H23NO4/c20-15(13-22-17-7-3-1-4-8-17)11-19-12-16(21)14-23-18-9-5-2-6-10-18/h1-10,15-16,19-21H,11-14H2/p+1/t15-,16+. The topological polar surface area (TPSA) is 75.5 Å². The van der Waals surface area contributed by atoms with Crippen LogP contribution in [-0.4, -0.2) is 48.7 Å². The molecule has 0 aliphatic heterocycles. The Morgan fingerprint density at radius 3 is 1.48 bits per heavy atom. The predicted octanol–water partition coefficient (Wildman–Crippen LogP) is 0.430. The molecule has 0 aliphatic carbocycles. The molecule has 0 aromatic heterocycles. The molecule has 0 fully saturated rings. The van der Waals surface area contributed by atoms with Crippen LogP contribution in [0, 0.1) is 0 Å². The first-order chi connectivity index (χ1) is 11.2. The Labute approximate surface area is 136 Å². The third-order valence-corrected chi connectivity index (χ3v) is 3.25. The van der Waals surface area contributed by atoms with Gasteiger partial charge in [-0.2, -0.15) is 0 Å². The van der Waals surface area contributed by atoms with Crippen molar-refractivity contribution < 1.29 is 25.0 Å². The largest absolute Gasteiger partial charge is 0.491 e. The average Bonchev–Trinajstić information content (AvgIpc) is 2.60. The minimum Gasteiger partial charge on any atom is -0.491 e. The van der Waals surface area contributed by atoms with Gasteiger partial charge in [0.2, 0.25) is 0 Å². The SMILES string of the molecule is O[C@H](C[NH2+]C[C@H](O)COc1ccccc1)COc1ccccc1. The number of rotatable bonds is 10. The first-order valence-corrected chi connectivity index (χ1v) is 7.77. The minimum atomic E-state index is -0.586. The van der Waals surface area contributed by atoms with E-state index in [0.29, 0.717) is 13.1 Å². The summed E-state index contributed by atoms with van der Waals surface area (Å²) in [7, 11) is 0. The van der Waals surface area contributed by atoms with Gasteiger partial charge in [0, 0.05) is 0 Å². The van der Waals surface area contributed by atoms with E-state index in [9.17, 15) is 10.2 Å². The van der Waals surface area contributed by atoms with E-state index >= 15 is 0 Å². The van der Waals surface area contributed by atoms with E-state index in [1.165, 1.54) is 0 Å². The van der Waals surface area contributed by atoms with E-state index in [2.05, 4.69) is 0 Å². The van der Waals surface area contributed by atoms with Crippen molar-refractivity contribution in [2.24, 2.45) is 0 Å². The Balaban J connectivity index is 1.55. The molecular weight excluding hydrogens is 294 g/mol. The van der Waals surface area contributed by atoms with Gasteiger partial charge < -0.3 is 25.0 Å². The Morgan fingerprint density at radius 1 is 0.696 bits per heavy atom. The molecule has 0 saturated heterocycles. The molecule has 124 valence electrons. The third kappa shape index (κ3) is 7.15. The maximum Gasteiger partial charge on any atom is 0.137 e. The molecule has 2 rings (SSSR count). The van der Waals surface area contributed by atoms with Gasteiger partial charge in [-0.3, -0.25) is 0 Å². The Hall–Kier alpha value is -2.08. The smallest absolute Gasteiger partial charge is 0.137 e. The van der Waals surface area contributed by atoms with Crippen LogP contribution < -0.4 is 14.8 Å². The highest BCUT2D eigenvalue weighted by Crippen LogP contribution is 2.08. The fraction of sp³-hybridized carbons (Fsp3) is 0.333. The molecule has 5 heteroatoms. The number of quaternary nitrogens is 1. The van der Waals surface area contributed by atoms with Gasteiger partial charge in [-0.15, -0.1) is 0 Å². The molecule has 0 amide bonds. The molecule has 0 aliphatic rings. The fourth-order valence-corrected chi connectivity index (χ4v) is 2.04. The summed E-state index contributed by atoms with van der Waals surface area (Å²) >= 11 is 0. The second-order valence-corrected chi connectivity index (χ2v) is 5.32. The van der Waals surface area contributed by atoms with E-state index in [1.54, 1.807) is 0 Å². The van der Waals surface area contributed by atoms with Crippen molar-refractivity contribution in [1.29, 1.82) is 0 Å². The first kappa shape index (κ1) is 17.3. The van der Waals surface area contributed by atoms with Crippen LogP contribution in [0.3, 0.4) is 0 Å². The predicted molar refractivity (Wildman–Crippen MR) is 87.5 cm³/mol. The maximum absolute atomic E-state index is 9.86. The zero-order valence-electron chi connectivity index (χ0n) is 13.0. The van der Waals surface area contributed by atoms with Crippen molar-refractivity contribution in [2.75, 3.05) is 26.3 Å². The van der Waals surface area contributed by atoms with Gasteiger partial charge in [-0.05, 0) is 24.3 Å². The summed E-state index contributed by atoms with van der Waals surface area (Å²) in [6.45, 7) is 1.40. The van der Waals surface area contributed by atoms with E-state index in [0.717, 1.165) is 11.5 Å². The quantitative estimate of drug-likeness (QED) is 0.594. The molecular formula is C18H24NO4+. The summed E-state index contributed by atoms with van der Waals surface area (Å²) in [6, 6.07) is 18.8. The van der Waals surface area contributed by atoms with E-state index in [1.807, 2.05) is 66.0 Å². The van der Waals surface area contributed by atoms with Crippen LogP contribution in [0.4, 0.5) is 0 Å². The van der Waals surface area contributed by atoms with Crippen LogP contribution in [0.5, 0.6) is 11.5 Å². The van der Waals surface area contributed by atoms with Gasteiger partial charge in [0.25, 0.3) is 0 Å². The lowest BCUT2D eigenvalue weighted by Crippen LogP contribution is -2.88. The molecule has 0 spiro atoms. The summed E-state index contributed by atoms with van der Waals surface area (Å²) < 4.78 is 10.9. The van der Waals surface area contributed by atoms with E-state index in [4.69, 9.17) is 9.47 Å². The Kier molecular flexibility index (Phi) is 7.39. The Bertz CT molecular complexity index is 486. The zero-order chi connectivity index (χ0) is 16.3. The number of aliphatic hydroxyl groups excluding tert-OH is 2. The van der Waals surface area contributed by atoms with Crippen LogP contribution in [0.1, 0.15) is 0 Å². The molecule has 0 saturated carbocycles. The molecule has 2 aromatic rings. The van der Waals surface area contributed by atoms with E-state index in [-0.39, 0.29) is 13.2 Å². The molecule has 0 bridgehead atoms. The van der Waals surface area contributed by atoms with Crippen LogP contribution in [0.2, 0.25) is 0 Å². The van der Waals surface area contributed by atoms with Crippen LogP contribution >= 0.6 is 0 Å². The molecule has 0 heterocycles. The summed E-state index contributed by atoms with van der Waals surface area (Å²) in [5.74, 6) is 1.48. The number of hydrogen-bond acceptors (Lipinski definition) is 4. The molecule has 5 nitrogen and oxygen atoms in total. The molecule has 0 radical (unpaired) electrons. The molecule has 4 N–H and O–H groups in total. The molecule has 2 atom stereocenters. The van der Waals surface area contributed by atoms with Gasteiger partial charge in [-0.25, -0.2) is 0 Å². The maximum atomic E-state index is 9.86. The van der Waals surface area contributed by atoms with Gasteiger partial charge in [0.15, 0.2) is 0 Å². The minimum absolute atomic E-state index is 0.233. The molecule has 2 aromatic carbocycles. The normalized spacial score (nSPS) is 13.3. The number of ether oxygens (including phenoxy) is 2. The third-order valence-electron chi connectivity index (χ3n) is 3.25. The number of hydrogen-bond donors (Lipinski definition) is 3. The van der Waals surface area contributed by atoms with Crippen molar-refractivity contribution in [2.45, 2.75) is 12.2 Å². The van der Waals surface area contributed by atoms with Gasteiger partial charge in [-0.1, -0.05) is 36.4 Å². The summed E-state index contributed by atoms with van der Waals surface area (Å²) in [6.07, 6.45) is -1.17. The summed E-state index contributed by atoms with van der Waals surface area (Å²) in [4.78, 5) is 0. The lowest BCUT2D eigenvalue weighted by Gasteiger charge is -2.14. The summed E-state index contributed by atoms with van der Waals surface area (Å²) in [5.41, 5.74) is 0. The lowest BCUT2D eigenvalue weighted by atomic mass is 10.3. The van der Waals surface area contributed by atoms with Crippen LogP contribution in [0.15, 0.2) is 60.7 Å². The van der Waals surface area contributed by atoms with Gasteiger partial charge >= 0.3 is 0 Å². The fourth-order valence-electron chi connectivity index (χ4n) is 2.04. The van der Waals surface area contributed by atoms with Crippen molar-refractivity contribution in [1.82, 2.24) is 0 Å². The number of aliphatic hydroxyl groups is 2. The second kappa shape index (κ2) is 9.84. The molecule has 23 heavy (non-hydrogen) atoms. The number of para-hydroxylation sites is 2. The highest BCUT2D eigenvalue weighted by Gasteiger charge is 2.11. The van der Waals surface area contributed by atoms with Gasteiger partial charge in [0.05, 0.1) is 0 Å². The van der Waals surface area contributed by atoms with Crippen molar-refractivity contribution in [3.05, 3.63) is 60.7 Å². The first-order valence-electron chi connectivity index (χ1n) is 7.77. The van der Waals surface area contributed by atoms with E-state index < -0.39 is 12.2 Å². The second-order valence-electron chi connectivity index (χ2n) is 5.32.